The quantitative estimate of drug-likeness (QED) is 0.946. The Balaban J connectivity index is 2.56. The molecule has 1 heterocycles. The molecule has 1 atom stereocenters. The fourth-order valence-corrected chi connectivity index (χ4v) is 2.72. The van der Waals surface area contributed by atoms with Gasteiger partial charge in [-0.15, -0.1) is 0 Å². The van der Waals surface area contributed by atoms with Crippen molar-refractivity contribution in [2.75, 3.05) is 6.54 Å². The highest BCUT2D eigenvalue weighted by atomic mass is 79.9. The average molecular weight is 309 g/mol. The van der Waals surface area contributed by atoms with Crippen molar-refractivity contribution in [2.45, 2.75) is 26.9 Å². The standard InChI is InChI=1S/C14H17BrN2O/c1-8-6-9(2)17-11-4-5-12(14(15)13(8)11)18-10(3)7-16/h4-6,10H,7,16H2,1-3H3. The first-order chi connectivity index (χ1) is 8.52. The Morgan fingerprint density at radius 1 is 1.39 bits per heavy atom. The molecule has 96 valence electrons. The third-order valence-electron chi connectivity index (χ3n) is 2.86. The Kier molecular flexibility index (Phi) is 3.88. The Labute approximate surface area is 115 Å². The monoisotopic (exact) mass is 308 g/mol. The van der Waals surface area contributed by atoms with Crippen molar-refractivity contribution < 1.29 is 4.74 Å². The molecule has 2 N–H and O–H groups in total. The van der Waals surface area contributed by atoms with Gasteiger partial charge in [-0.05, 0) is 60.5 Å². The zero-order valence-corrected chi connectivity index (χ0v) is 12.4. The van der Waals surface area contributed by atoms with Crippen molar-refractivity contribution in [3.05, 3.63) is 33.9 Å². The van der Waals surface area contributed by atoms with Crippen LogP contribution < -0.4 is 10.5 Å². The minimum absolute atomic E-state index is 0.00235. The fourth-order valence-electron chi connectivity index (χ4n) is 1.98. The van der Waals surface area contributed by atoms with Gasteiger partial charge in [0.1, 0.15) is 11.9 Å². The predicted octanol–water partition coefficient (Wildman–Crippen LogP) is 3.34. The molecule has 0 bridgehead atoms. The second kappa shape index (κ2) is 5.24. The number of aromatic nitrogens is 1. The van der Waals surface area contributed by atoms with Crippen molar-refractivity contribution in [2.24, 2.45) is 5.73 Å². The molecule has 0 radical (unpaired) electrons. The van der Waals surface area contributed by atoms with Crippen LogP contribution in [-0.4, -0.2) is 17.6 Å². The predicted molar refractivity (Wildman–Crippen MR) is 78.1 cm³/mol. The van der Waals surface area contributed by atoms with E-state index in [1.807, 2.05) is 26.0 Å². The second-order valence-electron chi connectivity index (χ2n) is 4.52. The smallest absolute Gasteiger partial charge is 0.134 e. The minimum Gasteiger partial charge on any atom is -0.488 e. The molecular formula is C14H17BrN2O. The molecule has 1 unspecified atom stereocenters. The van der Waals surface area contributed by atoms with Crippen LogP contribution in [0.4, 0.5) is 0 Å². The molecule has 1 aromatic carbocycles. The van der Waals surface area contributed by atoms with Crippen molar-refractivity contribution in [1.29, 1.82) is 0 Å². The van der Waals surface area contributed by atoms with E-state index in [0.717, 1.165) is 26.8 Å². The summed E-state index contributed by atoms with van der Waals surface area (Å²) in [7, 11) is 0. The summed E-state index contributed by atoms with van der Waals surface area (Å²) in [5.41, 5.74) is 8.77. The molecule has 0 fully saturated rings. The molecule has 2 rings (SSSR count). The number of pyridine rings is 1. The van der Waals surface area contributed by atoms with Crippen LogP contribution >= 0.6 is 15.9 Å². The second-order valence-corrected chi connectivity index (χ2v) is 5.31. The Hall–Kier alpha value is -1.13. The van der Waals surface area contributed by atoms with Gasteiger partial charge in [-0.25, -0.2) is 0 Å². The topological polar surface area (TPSA) is 48.1 Å². The highest BCUT2D eigenvalue weighted by Gasteiger charge is 2.12. The number of hydrogen-bond acceptors (Lipinski definition) is 3. The summed E-state index contributed by atoms with van der Waals surface area (Å²) in [6.45, 7) is 6.53. The summed E-state index contributed by atoms with van der Waals surface area (Å²) in [5.74, 6) is 0.814. The molecule has 0 aliphatic carbocycles. The number of rotatable bonds is 3. The van der Waals surface area contributed by atoms with E-state index in [1.54, 1.807) is 0 Å². The summed E-state index contributed by atoms with van der Waals surface area (Å²) < 4.78 is 6.74. The van der Waals surface area contributed by atoms with Gasteiger partial charge in [-0.3, -0.25) is 4.98 Å². The van der Waals surface area contributed by atoms with Crippen LogP contribution in [0.1, 0.15) is 18.2 Å². The van der Waals surface area contributed by atoms with Crippen LogP contribution in [0.3, 0.4) is 0 Å². The number of benzene rings is 1. The first kappa shape index (κ1) is 13.3. The van der Waals surface area contributed by atoms with Crippen LogP contribution in [0.5, 0.6) is 5.75 Å². The van der Waals surface area contributed by atoms with Gasteiger partial charge in [0.15, 0.2) is 0 Å². The zero-order valence-electron chi connectivity index (χ0n) is 10.8. The van der Waals surface area contributed by atoms with E-state index in [-0.39, 0.29) is 6.10 Å². The molecule has 3 nitrogen and oxygen atoms in total. The van der Waals surface area contributed by atoms with Crippen LogP contribution in [0.15, 0.2) is 22.7 Å². The highest BCUT2D eigenvalue weighted by Crippen LogP contribution is 2.35. The molecule has 18 heavy (non-hydrogen) atoms. The first-order valence-corrected chi connectivity index (χ1v) is 6.75. The summed E-state index contributed by atoms with van der Waals surface area (Å²) in [4.78, 5) is 4.53. The largest absolute Gasteiger partial charge is 0.488 e. The normalized spacial score (nSPS) is 12.7. The summed E-state index contributed by atoms with van der Waals surface area (Å²) >= 11 is 3.61. The van der Waals surface area contributed by atoms with E-state index in [0.29, 0.717) is 6.54 Å². The number of nitrogens with zero attached hydrogens (tertiary/aromatic N) is 1. The minimum atomic E-state index is -0.00235. The summed E-state index contributed by atoms with van der Waals surface area (Å²) in [6, 6.07) is 5.99. The average Bonchev–Trinajstić information content (AvgIpc) is 2.31. The molecule has 0 saturated heterocycles. The van der Waals surface area contributed by atoms with Crippen molar-refractivity contribution in [1.82, 2.24) is 4.98 Å². The fraction of sp³-hybridized carbons (Fsp3) is 0.357. The van der Waals surface area contributed by atoms with E-state index in [2.05, 4.69) is 33.9 Å². The van der Waals surface area contributed by atoms with Crippen LogP contribution in [-0.2, 0) is 0 Å². The highest BCUT2D eigenvalue weighted by molar-refractivity contribution is 9.10. The maximum atomic E-state index is 5.79. The van der Waals surface area contributed by atoms with Gasteiger partial charge in [0.25, 0.3) is 0 Å². The Morgan fingerprint density at radius 2 is 2.11 bits per heavy atom. The lowest BCUT2D eigenvalue weighted by Crippen LogP contribution is -2.23. The van der Waals surface area contributed by atoms with Gasteiger partial charge < -0.3 is 10.5 Å². The van der Waals surface area contributed by atoms with Gasteiger partial charge >= 0.3 is 0 Å². The number of fused-ring (bicyclic) bond motifs is 1. The van der Waals surface area contributed by atoms with Gasteiger partial charge in [0, 0.05) is 17.6 Å². The number of hydrogen-bond donors (Lipinski definition) is 1. The van der Waals surface area contributed by atoms with E-state index >= 15 is 0 Å². The number of nitrogens with two attached hydrogens (primary N) is 1. The lowest BCUT2D eigenvalue weighted by atomic mass is 10.1. The van der Waals surface area contributed by atoms with E-state index in [9.17, 15) is 0 Å². The lowest BCUT2D eigenvalue weighted by molar-refractivity contribution is 0.229. The number of halogens is 1. The maximum absolute atomic E-state index is 5.79. The van der Waals surface area contributed by atoms with Crippen molar-refractivity contribution in [3.8, 4) is 5.75 Å². The Morgan fingerprint density at radius 3 is 2.78 bits per heavy atom. The van der Waals surface area contributed by atoms with Gasteiger partial charge in [0.05, 0.1) is 9.99 Å². The zero-order chi connectivity index (χ0) is 13.3. The molecule has 4 heteroatoms. The van der Waals surface area contributed by atoms with Gasteiger partial charge in [0.2, 0.25) is 0 Å². The number of aryl methyl sites for hydroxylation is 2. The first-order valence-electron chi connectivity index (χ1n) is 5.96. The molecule has 0 aliphatic heterocycles. The van der Waals surface area contributed by atoms with E-state index in [4.69, 9.17) is 10.5 Å². The van der Waals surface area contributed by atoms with Gasteiger partial charge in [-0.2, -0.15) is 0 Å². The van der Waals surface area contributed by atoms with Crippen molar-refractivity contribution >= 4 is 26.8 Å². The molecule has 0 saturated carbocycles. The molecular weight excluding hydrogens is 292 g/mol. The van der Waals surface area contributed by atoms with Crippen LogP contribution in [0.25, 0.3) is 10.9 Å². The van der Waals surface area contributed by atoms with Crippen molar-refractivity contribution in [3.63, 3.8) is 0 Å². The molecule has 1 aromatic heterocycles. The Bertz CT molecular complexity index is 584. The van der Waals surface area contributed by atoms with Crippen LogP contribution in [0, 0.1) is 13.8 Å². The van der Waals surface area contributed by atoms with Crippen LogP contribution in [0.2, 0.25) is 0 Å². The summed E-state index contributed by atoms with van der Waals surface area (Å²) in [5, 5.41) is 1.10. The molecule has 0 amide bonds. The maximum Gasteiger partial charge on any atom is 0.134 e. The third kappa shape index (κ3) is 2.49. The van der Waals surface area contributed by atoms with E-state index < -0.39 is 0 Å². The van der Waals surface area contributed by atoms with Gasteiger partial charge in [-0.1, -0.05) is 0 Å². The SMILES string of the molecule is Cc1cc(C)c2c(Br)c(OC(C)CN)ccc2n1. The number of ether oxygens (including phenoxy) is 1. The summed E-state index contributed by atoms with van der Waals surface area (Å²) in [6.07, 6.45) is -0.00235. The third-order valence-corrected chi connectivity index (χ3v) is 3.65. The molecule has 2 aromatic rings. The van der Waals surface area contributed by atoms with E-state index in [1.165, 1.54) is 5.56 Å². The molecule has 0 spiro atoms. The molecule has 0 aliphatic rings. The lowest BCUT2D eigenvalue weighted by Gasteiger charge is -2.16.